The van der Waals surface area contributed by atoms with E-state index in [2.05, 4.69) is 5.32 Å². The van der Waals surface area contributed by atoms with Crippen LogP contribution in [0, 0.1) is 5.41 Å². The van der Waals surface area contributed by atoms with Crippen LogP contribution in [0.2, 0.25) is 0 Å². The predicted octanol–water partition coefficient (Wildman–Crippen LogP) is 1.87. The summed E-state index contributed by atoms with van der Waals surface area (Å²) in [5, 5.41) is 11.9. The quantitative estimate of drug-likeness (QED) is 0.822. The minimum absolute atomic E-state index is 0.0622. The van der Waals surface area contributed by atoms with Gasteiger partial charge in [0.1, 0.15) is 11.8 Å². The van der Waals surface area contributed by atoms with Gasteiger partial charge in [-0.3, -0.25) is 4.79 Å². The number of amides is 1. The molecule has 0 aliphatic heterocycles. The summed E-state index contributed by atoms with van der Waals surface area (Å²) < 4.78 is 5.14. The highest BCUT2D eigenvalue weighted by molar-refractivity contribution is 5.77. The molecule has 0 saturated heterocycles. The van der Waals surface area contributed by atoms with E-state index in [0.29, 0.717) is 12.2 Å². The van der Waals surface area contributed by atoms with E-state index >= 15 is 0 Å². The van der Waals surface area contributed by atoms with Crippen LogP contribution in [0.4, 0.5) is 0 Å². The van der Waals surface area contributed by atoms with E-state index in [-0.39, 0.29) is 17.9 Å². The van der Waals surface area contributed by atoms with Crippen molar-refractivity contribution in [1.82, 2.24) is 5.32 Å². The molecule has 0 aliphatic rings. The van der Waals surface area contributed by atoms with Crippen LogP contribution in [-0.2, 0) is 4.79 Å². The minimum atomic E-state index is -0.454. The first-order valence-electron chi connectivity index (χ1n) is 5.36. The Balaban J connectivity index is 2.55. The van der Waals surface area contributed by atoms with Crippen molar-refractivity contribution in [3.8, 4) is 0 Å². The Kier molecular flexibility index (Phi) is 4.12. The van der Waals surface area contributed by atoms with Crippen LogP contribution in [-0.4, -0.2) is 17.6 Å². The fraction of sp³-hybridized carbons (Fsp3) is 0.583. The number of aliphatic hydroxyl groups excluding tert-OH is 1. The summed E-state index contributed by atoms with van der Waals surface area (Å²) in [5.74, 6) is 0.493. The normalized spacial score (nSPS) is 13.5. The van der Waals surface area contributed by atoms with E-state index in [1.807, 2.05) is 20.8 Å². The van der Waals surface area contributed by atoms with Crippen molar-refractivity contribution in [3.63, 3.8) is 0 Å². The van der Waals surface area contributed by atoms with Gasteiger partial charge in [-0.25, -0.2) is 0 Å². The molecule has 0 spiro atoms. The van der Waals surface area contributed by atoms with Crippen molar-refractivity contribution in [2.75, 3.05) is 6.61 Å². The first-order chi connectivity index (χ1) is 7.42. The third kappa shape index (κ3) is 4.06. The van der Waals surface area contributed by atoms with Gasteiger partial charge in [-0.15, -0.1) is 0 Å². The molecule has 16 heavy (non-hydrogen) atoms. The van der Waals surface area contributed by atoms with E-state index < -0.39 is 6.04 Å². The lowest BCUT2D eigenvalue weighted by Crippen LogP contribution is -2.32. The second-order valence-corrected chi connectivity index (χ2v) is 5.06. The Morgan fingerprint density at radius 2 is 2.25 bits per heavy atom. The van der Waals surface area contributed by atoms with Gasteiger partial charge in [0.15, 0.2) is 0 Å². The third-order valence-corrected chi connectivity index (χ3v) is 2.10. The summed E-state index contributed by atoms with van der Waals surface area (Å²) >= 11 is 0. The van der Waals surface area contributed by atoms with Crippen LogP contribution in [0.25, 0.3) is 0 Å². The van der Waals surface area contributed by atoms with Gasteiger partial charge in [-0.1, -0.05) is 20.8 Å². The SMILES string of the molecule is CC(C)(C)CC(=O)NC(CO)c1ccco1. The summed E-state index contributed by atoms with van der Waals surface area (Å²) in [6, 6.07) is 3.01. The van der Waals surface area contributed by atoms with E-state index in [4.69, 9.17) is 4.42 Å². The maximum absolute atomic E-state index is 11.7. The molecule has 1 aromatic heterocycles. The summed E-state index contributed by atoms with van der Waals surface area (Å²) in [4.78, 5) is 11.7. The molecule has 4 heteroatoms. The second-order valence-electron chi connectivity index (χ2n) is 5.06. The molecule has 90 valence electrons. The highest BCUT2D eigenvalue weighted by atomic mass is 16.3. The lowest BCUT2D eigenvalue weighted by molar-refractivity contribution is -0.124. The Labute approximate surface area is 95.7 Å². The van der Waals surface area contributed by atoms with E-state index in [9.17, 15) is 9.90 Å². The maximum atomic E-state index is 11.7. The van der Waals surface area contributed by atoms with E-state index in [1.54, 1.807) is 12.1 Å². The molecule has 1 rings (SSSR count). The van der Waals surface area contributed by atoms with Crippen LogP contribution < -0.4 is 5.32 Å². The molecule has 1 aromatic rings. The molecule has 1 heterocycles. The largest absolute Gasteiger partial charge is 0.467 e. The molecule has 1 unspecified atom stereocenters. The zero-order valence-electron chi connectivity index (χ0n) is 9.99. The molecule has 1 amide bonds. The zero-order chi connectivity index (χ0) is 12.2. The number of hydrogen-bond donors (Lipinski definition) is 2. The van der Waals surface area contributed by atoms with Gasteiger partial charge < -0.3 is 14.8 Å². The lowest BCUT2D eigenvalue weighted by Gasteiger charge is -2.20. The molecule has 1 atom stereocenters. The summed E-state index contributed by atoms with van der Waals surface area (Å²) in [5.41, 5.74) is -0.0622. The van der Waals surface area contributed by atoms with Crippen LogP contribution in [0.1, 0.15) is 39.0 Å². The number of carbonyl (C=O) groups excluding carboxylic acids is 1. The van der Waals surface area contributed by atoms with Crippen LogP contribution in [0.15, 0.2) is 22.8 Å². The second kappa shape index (κ2) is 5.16. The molecule has 0 saturated carbocycles. The van der Waals surface area contributed by atoms with Crippen LogP contribution in [0.5, 0.6) is 0 Å². The smallest absolute Gasteiger partial charge is 0.221 e. The standard InChI is InChI=1S/C12H19NO3/c1-12(2,3)7-11(15)13-9(8-14)10-5-4-6-16-10/h4-6,9,14H,7-8H2,1-3H3,(H,13,15). The number of furan rings is 1. The Morgan fingerprint density at radius 1 is 1.56 bits per heavy atom. The molecule has 0 radical (unpaired) electrons. The highest BCUT2D eigenvalue weighted by Crippen LogP contribution is 2.19. The maximum Gasteiger partial charge on any atom is 0.221 e. The first-order valence-corrected chi connectivity index (χ1v) is 5.36. The van der Waals surface area contributed by atoms with Crippen molar-refractivity contribution >= 4 is 5.91 Å². The third-order valence-electron chi connectivity index (χ3n) is 2.10. The van der Waals surface area contributed by atoms with Gasteiger partial charge >= 0.3 is 0 Å². The Bertz CT molecular complexity index is 325. The van der Waals surface area contributed by atoms with Crippen molar-refractivity contribution in [1.29, 1.82) is 0 Å². The molecule has 4 nitrogen and oxygen atoms in total. The fourth-order valence-corrected chi connectivity index (χ4v) is 1.42. The molecular weight excluding hydrogens is 206 g/mol. The summed E-state index contributed by atoms with van der Waals surface area (Å²) in [6.07, 6.45) is 1.94. The lowest BCUT2D eigenvalue weighted by atomic mass is 9.92. The molecule has 0 bridgehead atoms. The average Bonchev–Trinajstić information content (AvgIpc) is 2.63. The number of rotatable bonds is 4. The topological polar surface area (TPSA) is 62.5 Å². The van der Waals surface area contributed by atoms with Crippen molar-refractivity contribution < 1.29 is 14.3 Å². The van der Waals surface area contributed by atoms with Crippen LogP contribution >= 0.6 is 0 Å². The van der Waals surface area contributed by atoms with Gasteiger partial charge in [0.05, 0.1) is 12.9 Å². The predicted molar refractivity (Wildman–Crippen MR) is 60.7 cm³/mol. The minimum Gasteiger partial charge on any atom is -0.467 e. The zero-order valence-corrected chi connectivity index (χ0v) is 9.99. The van der Waals surface area contributed by atoms with E-state index in [0.717, 1.165) is 0 Å². The van der Waals surface area contributed by atoms with Gasteiger partial charge in [0.25, 0.3) is 0 Å². The van der Waals surface area contributed by atoms with Gasteiger partial charge in [-0.05, 0) is 17.5 Å². The molecule has 2 N–H and O–H groups in total. The van der Waals surface area contributed by atoms with E-state index in [1.165, 1.54) is 6.26 Å². The summed E-state index contributed by atoms with van der Waals surface area (Å²) in [6.45, 7) is 5.82. The van der Waals surface area contributed by atoms with Crippen molar-refractivity contribution in [2.24, 2.45) is 5.41 Å². The number of hydrogen-bond acceptors (Lipinski definition) is 3. The Morgan fingerprint density at radius 3 is 2.69 bits per heavy atom. The van der Waals surface area contributed by atoms with Gasteiger partial charge in [0, 0.05) is 6.42 Å². The molecular formula is C12H19NO3. The van der Waals surface area contributed by atoms with Crippen LogP contribution in [0.3, 0.4) is 0 Å². The Hall–Kier alpha value is -1.29. The monoisotopic (exact) mass is 225 g/mol. The number of carbonyl (C=O) groups is 1. The highest BCUT2D eigenvalue weighted by Gasteiger charge is 2.20. The summed E-state index contributed by atoms with van der Waals surface area (Å²) in [7, 11) is 0. The number of aliphatic hydroxyl groups is 1. The molecule has 0 aromatic carbocycles. The number of nitrogens with one attached hydrogen (secondary N) is 1. The van der Waals surface area contributed by atoms with Crippen molar-refractivity contribution in [3.05, 3.63) is 24.2 Å². The molecule has 0 aliphatic carbocycles. The van der Waals surface area contributed by atoms with Crippen molar-refractivity contribution in [2.45, 2.75) is 33.2 Å². The fourth-order valence-electron chi connectivity index (χ4n) is 1.42. The molecule has 0 fully saturated rings. The first kappa shape index (κ1) is 12.8. The van der Waals surface area contributed by atoms with Gasteiger partial charge in [0.2, 0.25) is 5.91 Å². The average molecular weight is 225 g/mol. The van der Waals surface area contributed by atoms with Gasteiger partial charge in [-0.2, -0.15) is 0 Å².